The monoisotopic (exact) mass is 596 g/mol. The molecule has 1 aliphatic rings. The number of nitrogens with one attached hydrogen (secondary N) is 1. The fourth-order valence-electron chi connectivity index (χ4n) is 4.72. The summed E-state index contributed by atoms with van der Waals surface area (Å²) in [4.78, 5) is 24.1. The van der Waals surface area contributed by atoms with Gasteiger partial charge in [0.2, 0.25) is 5.91 Å². The molecule has 0 aromatic heterocycles. The van der Waals surface area contributed by atoms with E-state index >= 15 is 0 Å². The second-order valence-corrected chi connectivity index (χ2v) is 11.2. The number of carbonyl (C=O) groups is 2. The van der Waals surface area contributed by atoms with Gasteiger partial charge < -0.3 is 15.2 Å². The van der Waals surface area contributed by atoms with Gasteiger partial charge in [-0.25, -0.2) is 26.4 Å². The number of hydrogen-bond donors (Lipinski definition) is 2. The van der Waals surface area contributed by atoms with E-state index in [1.54, 1.807) is 24.3 Å². The minimum atomic E-state index is -4.25. The molecule has 0 spiro atoms. The maximum atomic E-state index is 14.3. The Hall–Kier alpha value is -4.84. The van der Waals surface area contributed by atoms with Crippen LogP contribution in [0.4, 0.5) is 18.9 Å². The number of para-hydroxylation sites is 1. The second kappa shape index (κ2) is 11.6. The normalized spacial score (nSPS) is 14.4. The van der Waals surface area contributed by atoms with Crippen LogP contribution in [0.1, 0.15) is 15.9 Å². The van der Waals surface area contributed by atoms with Crippen LogP contribution in [-0.4, -0.2) is 44.6 Å². The molecule has 5 rings (SSSR count). The summed E-state index contributed by atoms with van der Waals surface area (Å²) < 4.78 is 75.5. The standard InChI is InChI=1S/C30H23F3N2O6S/c31-20-7-11-23(25(32)16-20)18-5-9-22(10-6-18)42(39,40)35-27-4-2-1-3-19(27)15-28(35)29(36)34-13-14-41-21-8-12-24(30(37)38)26(33)17-21/h1-12,16-17,28H,13-15H2,(H,34,36)(H,37,38)/t28-/m0/s1. The molecule has 4 aromatic rings. The lowest BCUT2D eigenvalue weighted by Gasteiger charge is -2.26. The van der Waals surface area contributed by atoms with Crippen LogP contribution in [0.3, 0.4) is 0 Å². The highest BCUT2D eigenvalue weighted by Gasteiger charge is 2.42. The Kier molecular flexibility index (Phi) is 7.90. The van der Waals surface area contributed by atoms with Gasteiger partial charge in [0.05, 0.1) is 22.7 Å². The molecular weight excluding hydrogens is 573 g/mol. The van der Waals surface area contributed by atoms with Gasteiger partial charge in [-0.2, -0.15) is 0 Å². The summed E-state index contributed by atoms with van der Waals surface area (Å²) in [6.45, 7) is -0.134. The zero-order valence-electron chi connectivity index (χ0n) is 21.8. The molecule has 42 heavy (non-hydrogen) atoms. The number of fused-ring (bicyclic) bond motifs is 1. The van der Waals surface area contributed by atoms with E-state index < -0.39 is 51.0 Å². The lowest BCUT2D eigenvalue weighted by molar-refractivity contribution is -0.122. The lowest BCUT2D eigenvalue weighted by Crippen LogP contribution is -2.48. The Morgan fingerprint density at radius 1 is 0.929 bits per heavy atom. The number of amides is 1. The molecule has 216 valence electrons. The molecule has 8 nitrogen and oxygen atoms in total. The van der Waals surface area contributed by atoms with Crippen LogP contribution in [0, 0.1) is 17.5 Å². The van der Waals surface area contributed by atoms with E-state index in [0.29, 0.717) is 16.8 Å². The number of halogens is 3. The largest absolute Gasteiger partial charge is 0.492 e. The zero-order valence-corrected chi connectivity index (χ0v) is 22.6. The molecule has 0 bridgehead atoms. The number of sulfonamides is 1. The maximum Gasteiger partial charge on any atom is 0.338 e. The van der Waals surface area contributed by atoms with Crippen molar-refractivity contribution in [1.82, 2.24) is 5.32 Å². The molecule has 0 aliphatic carbocycles. The van der Waals surface area contributed by atoms with Gasteiger partial charge in [-0.3, -0.25) is 9.10 Å². The molecule has 0 fully saturated rings. The van der Waals surface area contributed by atoms with Crippen molar-refractivity contribution < 1.29 is 41.0 Å². The molecular formula is C30H23F3N2O6S. The first-order valence-corrected chi connectivity index (χ1v) is 14.1. The van der Waals surface area contributed by atoms with Gasteiger partial charge in [0.1, 0.15) is 35.8 Å². The molecule has 1 heterocycles. The summed E-state index contributed by atoms with van der Waals surface area (Å²) in [5, 5.41) is 11.6. The highest BCUT2D eigenvalue weighted by atomic mass is 32.2. The molecule has 0 unspecified atom stereocenters. The van der Waals surface area contributed by atoms with Gasteiger partial charge in [0.25, 0.3) is 10.0 Å². The predicted octanol–water partition coefficient (Wildman–Crippen LogP) is 4.78. The SMILES string of the molecule is O=C(O)c1ccc(OCCNC(=O)[C@@H]2Cc3ccccc3N2S(=O)(=O)c2ccc(-c3ccc(F)cc3F)cc2)cc1F. The van der Waals surface area contributed by atoms with Crippen molar-refractivity contribution >= 4 is 27.6 Å². The molecule has 4 aromatic carbocycles. The van der Waals surface area contributed by atoms with Crippen LogP contribution < -0.4 is 14.4 Å². The Balaban J connectivity index is 1.32. The third kappa shape index (κ3) is 5.66. The summed E-state index contributed by atoms with van der Waals surface area (Å²) in [6, 6.07) is 17.4. The third-order valence-corrected chi connectivity index (χ3v) is 8.56. The Morgan fingerprint density at radius 3 is 2.36 bits per heavy atom. The minimum Gasteiger partial charge on any atom is -0.492 e. The Bertz CT molecular complexity index is 1780. The summed E-state index contributed by atoms with van der Waals surface area (Å²) in [5.41, 5.74) is 0.940. The number of hydrogen-bond acceptors (Lipinski definition) is 5. The average Bonchev–Trinajstić information content (AvgIpc) is 3.36. The second-order valence-electron chi connectivity index (χ2n) is 9.38. The molecule has 0 saturated carbocycles. The summed E-state index contributed by atoms with van der Waals surface area (Å²) in [5.74, 6) is -4.43. The fraction of sp³-hybridized carbons (Fsp3) is 0.133. The molecule has 1 aliphatic heterocycles. The van der Waals surface area contributed by atoms with Gasteiger partial charge in [-0.1, -0.05) is 30.3 Å². The van der Waals surface area contributed by atoms with E-state index in [4.69, 9.17) is 9.84 Å². The van der Waals surface area contributed by atoms with E-state index in [-0.39, 0.29) is 35.8 Å². The first-order valence-electron chi connectivity index (χ1n) is 12.7. The molecule has 0 radical (unpaired) electrons. The number of carboxylic acids is 1. The predicted molar refractivity (Wildman–Crippen MR) is 147 cm³/mol. The van der Waals surface area contributed by atoms with Crippen molar-refractivity contribution in [3.05, 3.63) is 114 Å². The van der Waals surface area contributed by atoms with Crippen LogP contribution in [0.2, 0.25) is 0 Å². The zero-order chi connectivity index (χ0) is 30.0. The molecule has 0 saturated heterocycles. The maximum absolute atomic E-state index is 14.3. The van der Waals surface area contributed by atoms with Crippen molar-refractivity contribution in [2.75, 3.05) is 17.5 Å². The molecule has 12 heteroatoms. The Morgan fingerprint density at radius 2 is 1.67 bits per heavy atom. The van der Waals surface area contributed by atoms with Gasteiger partial charge in [0.15, 0.2) is 0 Å². The van der Waals surface area contributed by atoms with Gasteiger partial charge in [0, 0.05) is 24.1 Å². The van der Waals surface area contributed by atoms with Crippen molar-refractivity contribution in [3.8, 4) is 16.9 Å². The van der Waals surface area contributed by atoms with Crippen LogP contribution in [-0.2, 0) is 21.2 Å². The van der Waals surface area contributed by atoms with E-state index in [1.807, 2.05) is 0 Å². The summed E-state index contributed by atoms with van der Waals surface area (Å²) >= 11 is 0. The van der Waals surface area contributed by atoms with Gasteiger partial charge in [-0.05, 0) is 53.6 Å². The fourth-order valence-corrected chi connectivity index (χ4v) is 6.37. The number of ether oxygens (including phenoxy) is 1. The smallest absolute Gasteiger partial charge is 0.338 e. The molecule has 2 N–H and O–H groups in total. The van der Waals surface area contributed by atoms with Crippen LogP contribution in [0.25, 0.3) is 11.1 Å². The highest BCUT2D eigenvalue weighted by Crippen LogP contribution is 2.37. The van der Waals surface area contributed by atoms with Crippen molar-refractivity contribution in [2.24, 2.45) is 0 Å². The number of aromatic carboxylic acids is 1. The van der Waals surface area contributed by atoms with Crippen LogP contribution in [0.5, 0.6) is 5.75 Å². The quantitative estimate of drug-likeness (QED) is 0.269. The molecule has 1 atom stereocenters. The number of carboxylic acid groups (broad SMARTS) is 1. The first-order chi connectivity index (χ1) is 20.1. The van der Waals surface area contributed by atoms with E-state index in [2.05, 4.69) is 5.32 Å². The number of nitrogens with zero attached hydrogens (tertiary/aromatic N) is 1. The third-order valence-electron chi connectivity index (χ3n) is 6.72. The van der Waals surface area contributed by atoms with E-state index in [0.717, 1.165) is 28.6 Å². The number of anilines is 1. The van der Waals surface area contributed by atoms with E-state index in [1.165, 1.54) is 36.4 Å². The number of benzene rings is 4. The van der Waals surface area contributed by atoms with Crippen molar-refractivity contribution in [3.63, 3.8) is 0 Å². The Labute approximate surface area is 239 Å². The van der Waals surface area contributed by atoms with Crippen molar-refractivity contribution in [1.29, 1.82) is 0 Å². The number of rotatable bonds is 9. The van der Waals surface area contributed by atoms with Gasteiger partial charge in [-0.15, -0.1) is 0 Å². The number of carbonyl (C=O) groups excluding carboxylic acids is 1. The van der Waals surface area contributed by atoms with Crippen molar-refractivity contribution in [2.45, 2.75) is 17.4 Å². The molecule has 1 amide bonds. The summed E-state index contributed by atoms with van der Waals surface area (Å²) in [7, 11) is -4.25. The first kappa shape index (κ1) is 28.7. The topological polar surface area (TPSA) is 113 Å². The minimum absolute atomic E-state index is 0.0419. The average molecular weight is 597 g/mol. The van der Waals surface area contributed by atoms with E-state index in [9.17, 15) is 31.2 Å². The van der Waals surface area contributed by atoms with Gasteiger partial charge >= 0.3 is 5.97 Å². The highest BCUT2D eigenvalue weighted by molar-refractivity contribution is 7.93. The van der Waals surface area contributed by atoms with Crippen LogP contribution in [0.15, 0.2) is 89.8 Å². The van der Waals surface area contributed by atoms with Crippen LogP contribution >= 0.6 is 0 Å². The lowest BCUT2D eigenvalue weighted by atomic mass is 10.1. The summed E-state index contributed by atoms with van der Waals surface area (Å²) in [6.07, 6.45) is 0.114.